The van der Waals surface area contributed by atoms with Gasteiger partial charge in [0, 0.05) is 42.8 Å². The predicted octanol–water partition coefficient (Wildman–Crippen LogP) is 2.27. The van der Waals surface area contributed by atoms with Gasteiger partial charge in [-0.2, -0.15) is 0 Å². The largest absolute Gasteiger partial charge is 0.396 e. The molecule has 148 valence electrons. The van der Waals surface area contributed by atoms with Crippen LogP contribution < -0.4 is 10.0 Å². The second-order valence-electron chi connectivity index (χ2n) is 6.86. The van der Waals surface area contributed by atoms with Crippen LogP contribution in [0.1, 0.15) is 18.4 Å². The third-order valence-electron chi connectivity index (χ3n) is 4.61. The van der Waals surface area contributed by atoms with Gasteiger partial charge in [-0.3, -0.25) is 4.98 Å². The van der Waals surface area contributed by atoms with Crippen molar-refractivity contribution in [1.82, 2.24) is 15.0 Å². The van der Waals surface area contributed by atoms with Gasteiger partial charge in [-0.05, 0) is 36.1 Å². The first-order valence-electron chi connectivity index (χ1n) is 9.22. The SMILES string of the molecule is C[C@H](CNCC(CO)c1ccccc1)NS(=O)(=O)c1ccc2cnccc2c1. The number of sulfonamides is 1. The number of benzene rings is 2. The highest BCUT2D eigenvalue weighted by Gasteiger charge is 2.18. The fourth-order valence-corrected chi connectivity index (χ4v) is 4.37. The highest BCUT2D eigenvalue weighted by molar-refractivity contribution is 7.89. The lowest BCUT2D eigenvalue weighted by Gasteiger charge is -2.19. The van der Waals surface area contributed by atoms with E-state index in [0.717, 1.165) is 16.3 Å². The molecule has 0 saturated carbocycles. The van der Waals surface area contributed by atoms with Gasteiger partial charge in [-0.15, -0.1) is 0 Å². The molecule has 3 rings (SSSR count). The third kappa shape index (κ3) is 5.14. The second-order valence-corrected chi connectivity index (χ2v) is 8.57. The summed E-state index contributed by atoms with van der Waals surface area (Å²) in [4.78, 5) is 4.27. The van der Waals surface area contributed by atoms with Crippen molar-refractivity contribution in [2.45, 2.75) is 23.8 Å². The molecule has 2 aromatic carbocycles. The highest BCUT2D eigenvalue weighted by Crippen LogP contribution is 2.18. The van der Waals surface area contributed by atoms with Crippen molar-refractivity contribution in [3.05, 3.63) is 72.6 Å². The molecule has 3 aromatic rings. The fourth-order valence-electron chi connectivity index (χ4n) is 3.09. The summed E-state index contributed by atoms with van der Waals surface area (Å²) >= 11 is 0. The van der Waals surface area contributed by atoms with Gasteiger partial charge in [0.15, 0.2) is 0 Å². The average molecular weight is 400 g/mol. The number of fused-ring (bicyclic) bond motifs is 1. The van der Waals surface area contributed by atoms with Crippen molar-refractivity contribution in [1.29, 1.82) is 0 Å². The monoisotopic (exact) mass is 399 g/mol. The topological polar surface area (TPSA) is 91.3 Å². The molecule has 3 N–H and O–H groups in total. The first-order valence-corrected chi connectivity index (χ1v) is 10.7. The predicted molar refractivity (Wildman–Crippen MR) is 111 cm³/mol. The Balaban J connectivity index is 1.57. The van der Waals surface area contributed by atoms with Crippen molar-refractivity contribution >= 4 is 20.8 Å². The maximum absolute atomic E-state index is 12.7. The van der Waals surface area contributed by atoms with E-state index in [4.69, 9.17) is 0 Å². The maximum Gasteiger partial charge on any atom is 0.240 e. The Morgan fingerprint density at radius 1 is 1.04 bits per heavy atom. The Kier molecular flexibility index (Phi) is 6.74. The smallest absolute Gasteiger partial charge is 0.240 e. The summed E-state index contributed by atoms with van der Waals surface area (Å²) in [6.07, 6.45) is 3.35. The molecule has 1 unspecified atom stereocenters. The Hall–Kier alpha value is -2.32. The zero-order chi connectivity index (χ0) is 20.0. The van der Waals surface area contributed by atoms with Crippen LogP contribution in [0.4, 0.5) is 0 Å². The highest BCUT2D eigenvalue weighted by atomic mass is 32.2. The van der Waals surface area contributed by atoms with Crippen LogP contribution in [0.25, 0.3) is 10.8 Å². The molecule has 0 saturated heterocycles. The van der Waals surface area contributed by atoms with Gasteiger partial charge in [0.2, 0.25) is 10.0 Å². The number of nitrogens with one attached hydrogen (secondary N) is 2. The summed E-state index contributed by atoms with van der Waals surface area (Å²) in [5, 5.41) is 14.6. The molecule has 0 fully saturated rings. The van der Waals surface area contributed by atoms with E-state index in [1.807, 2.05) is 37.3 Å². The van der Waals surface area contributed by atoms with E-state index in [2.05, 4.69) is 15.0 Å². The molecule has 0 aliphatic carbocycles. The molecule has 0 aliphatic rings. The Labute approximate surface area is 165 Å². The zero-order valence-electron chi connectivity index (χ0n) is 15.7. The number of hydrogen-bond donors (Lipinski definition) is 3. The van der Waals surface area contributed by atoms with Crippen LogP contribution in [0.3, 0.4) is 0 Å². The minimum atomic E-state index is -3.62. The molecule has 0 radical (unpaired) electrons. The molecule has 28 heavy (non-hydrogen) atoms. The van der Waals surface area contributed by atoms with Crippen LogP contribution in [0, 0.1) is 0 Å². The van der Waals surface area contributed by atoms with Gasteiger partial charge in [-0.25, -0.2) is 13.1 Å². The number of nitrogens with zero attached hydrogens (tertiary/aromatic N) is 1. The number of aliphatic hydroxyl groups is 1. The molecule has 1 heterocycles. The summed E-state index contributed by atoms with van der Waals surface area (Å²) in [5.74, 6) is -0.0286. The van der Waals surface area contributed by atoms with Crippen LogP contribution in [0.15, 0.2) is 71.9 Å². The summed E-state index contributed by atoms with van der Waals surface area (Å²) in [7, 11) is -3.62. The molecule has 0 bridgehead atoms. The molecule has 1 aromatic heterocycles. The molecule has 0 aliphatic heterocycles. The van der Waals surface area contributed by atoms with Crippen LogP contribution in [-0.2, 0) is 10.0 Å². The summed E-state index contributed by atoms with van der Waals surface area (Å²) in [5.41, 5.74) is 1.05. The van der Waals surface area contributed by atoms with Crippen LogP contribution in [0.2, 0.25) is 0 Å². The van der Waals surface area contributed by atoms with E-state index in [-0.39, 0.29) is 23.5 Å². The van der Waals surface area contributed by atoms with Crippen LogP contribution >= 0.6 is 0 Å². The average Bonchev–Trinajstić information content (AvgIpc) is 2.71. The summed E-state index contributed by atoms with van der Waals surface area (Å²) < 4.78 is 28.0. The first-order chi connectivity index (χ1) is 13.5. The third-order valence-corrected chi connectivity index (χ3v) is 6.20. The maximum atomic E-state index is 12.7. The molecular formula is C21H25N3O3S. The number of rotatable bonds is 9. The standard InChI is InChI=1S/C21H25N3O3S/c1-16(12-23-14-20(15-25)17-5-3-2-4-6-17)24-28(26,27)21-8-7-19-13-22-10-9-18(19)11-21/h2-11,13,16,20,23-25H,12,14-15H2,1H3/t16-,20?/m1/s1. The van der Waals surface area contributed by atoms with Gasteiger partial charge in [-0.1, -0.05) is 36.4 Å². The quantitative estimate of drug-likeness (QED) is 0.513. The van der Waals surface area contributed by atoms with Gasteiger partial charge in [0.25, 0.3) is 0 Å². The second kappa shape index (κ2) is 9.25. The van der Waals surface area contributed by atoms with E-state index in [1.54, 1.807) is 36.7 Å². The van der Waals surface area contributed by atoms with Crippen LogP contribution in [0.5, 0.6) is 0 Å². The van der Waals surface area contributed by atoms with E-state index >= 15 is 0 Å². The van der Waals surface area contributed by atoms with E-state index in [0.29, 0.717) is 13.1 Å². The summed E-state index contributed by atoms with van der Waals surface area (Å²) in [6.45, 7) is 2.87. The first kappa shape index (κ1) is 20.4. The number of pyridine rings is 1. The normalized spacial score (nSPS) is 14.1. The molecule has 0 spiro atoms. The minimum Gasteiger partial charge on any atom is -0.396 e. The fraction of sp³-hybridized carbons (Fsp3) is 0.286. The number of aromatic nitrogens is 1. The molecule has 6 nitrogen and oxygen atoms in total. The van der Waals surface area contributed by atoms with Gasteiger partial charge >= 0.3 is 0 Å². The summed E-state index contributed by atoms with van der Waals surface area (Å²) in [6, 6.07) is 16.2. The Morgan fingerprint density at radius 2 is 1.82 bits per heavy atom. The number of aliphatic hydroxyl groups excluding tert-OH is 1. The van der Waals surface area contributed by atoms with Crippen molar-refractivity contribution in [2.24, 2.45) is 0 Å². The number of hydrogen-bond acceptors (Lipinski definition) is 5. The van der Waals surface area contributed by atoms with E-state index in [9.17, 15) is 13.5 Å². The van der Waals surface area contributed by atoms with Crippen molar-refractivity contribution in [3.63, 3.8) is 0 Å². The lowest BCUT2D eigenvalue weighted by molar-refractivity contribution is 0.261. The Bertz CT molecular complexity index is 1010. The van der Waals surface area contributed by atoms with Gasteiger partial charge in [0.05, 0.1) is 11.5 Å². The van der Waals surface area contributed by atoms with E-state index in [1.165, 1.54) is 0 Å². The molecule has 7 heteroatoms. The van der Waals surface area contributed by atoms with Crippen molar-refractivity contribution < 1.29 is 13.5 Å². The van der Waals surface area contributed by atoms with Crippen LogP contribution in [-0.4, -0.2) is 44.2 Å². The van der Waals surface area contributed by atoms with Crippen molar-refractivity contribution in [3.8, 4) is 0 Å². The lowest BCUT2D eigenvalue weighted by Crippen LogP contribution is -2.41. The van der Waals surface area contributed by atoms with Gasteiger partial charge in [0.1, 0.15) is 0 Å². The zero-order valence-corrected chi connectivity index (χ0v) is 16.6. The molecular weight excluding hydrogens is 374 g/mol. The van der Waals surface area contributed by atoms with Gasteiger partial charge < -0.3 is 10.4 Å². The van der Waals surface area contributed by atoms with Crippen molar-refractivity contribution in [2.75, 3.05) is 19.7 Å². The molecule has 2 atom stereocenters. The minimum absolute atomic E-state index is 0.0286. The molecule has 0 amide bonds. The lowest BCUT2D eigenvalue weighted by atomic mass is 10.00. The van der Waals surface area contributed by atoms with E-state index < -0.39 is 10.0 Å². The Morgan fingerprint density at radius 3 is 2.57 bits per heavy atom.